The lowest BCUT2D eigenvalue weighted by Gasteiger charge is -2.40. The molecule has 30 heavy (non-hydrogen) atoms. The summed E-state index contributed by atoms with van der Waals surface area (Å²) < 4.78 is 14.1. The maximum absolute atomic E-state index is 12.8. The van der Waals surface area contributed by atoms with E-state index in [1.165, 1.54) is 0 Å². The van der Waals surface area contributed by atoms with Crippen molar-refractivity contribution < 1.29 is 24.2 Å². The van der Waals surface area contributed by atoms with Crippen molar-refractivity contribution >= 4 is 28.0 Å². The zero-order valence-electron chi connectivity index (χ0n) is 16.7. The molecule has 8 nitrogen and oxygen atoms in total. The van der Waals surface area contributed by atoms with E-state index in [1.54, 1.807) is 4.90 Å². The molecule has 160 valence electrons. The van der Waals surface area contributed by atoms with Crippen molar-refractivity contribution in [1.82, 2.24) is 14.5 Å². The molecule has 3 atom stereocenters. The summed E-state index contributed by atoms with van der Waals surface area (Å²) in [7, 11) is 1.87. The summed E-state index contributed by atoms with van der Waals surface area (Å²) in [5, 5.41) is 9.22. The van der Waals surface area contributed by atoms with Crippen molar-refractivity contribution in [3.8, 4) is 0 Å². The molecule has 4 rings (SSSR count). The topological polar surface area (TPSA) is 93.9 Å². The van der Waals surface area contributed by atoms with Gasteiger partial charge in [0.15, 0.2) is 0 Å². The zero-order valence-corrected chi connectivity index (χ0v) is 18.2. The Morgan fingerprint density at radius 2 is 2.10 bits per heavy atom. The predicted octanol–water partition coefficient (Wildman–Crippen LogP) is 3.30. The molecule has 1 aromatic carbocycles. The van der Waals surface area contributed by atoms with Crippen molar-refractivity contribution in [2.24, 2.45) is 13.0 Å². The van der Waals surface area contributed by atoms with Crippen molar-refractivity contribution in [3.05, 3.63) is 52.5 Å². The van der Waals surface area contributed by atoms with E-state index in [4.69, 9.17) is 9.47 Å². The fourth-order valence-electron chi connectivity index (χ4n) is 4.70. The molecule has 1 aliphatic carbocycles. The Hall–Kier alpha value is -2.39. The first kappa shape index (κ1) is 20.9. The number of amides is 1. The van der Waals surface area contributed by atoms with Crippen LogP contribution in [-0.2, 0) is 33.5 Å². The average molecular weight is 478 g/mol. The van der Waals surface area contributed by atoms with Gasteiger partial charge in [-0.3, -0.25) is 0 Å². The van der Waals surface area contributed by atoms with E-state index >= 15 is 0 Å². The maximum Gasteiger partial charge on any atom is 0.410 e. The standard InChI is InChI=1S/C21H24BrN3O5/c1-24-11-17(22)23-19(24)21(30-13-18(26)27)8-7-16-9-15(21)10-25(16)20(28)29-12-14-5-3-2-4-6-14/h2-6,11,15-16H,7-10,12-13H2,1H3,(H,26,27). The largest absolute Gasteiger partial charge is 0.480 e. The Bertz CT molecular complexity index is 934. The first-order valence-electron chi connectivity index (χ1n) is 9.91. The van der Waals surface area contributed by atoms with Crippen LogP contribution in [0, 0.1) is 5.92 Å². The van der Waals surface area contributed by atoms with Crippen LogP contribution in [0.25, 0.3) is 0 Å². The van der Waals surface area contributed by atoms with Gasteiger partial charge in [-0.05, 0) is 40.8 Å². The van der Waals surface area contributed by atoms with Crippen LogP contribution in [0.1, 0.15) is 30.7 Å². The quantitative estimate of drug-likeness (QED) is 0.685. The lowest BCUT2D eigenvalue weighted by molar-refractivity contribution is -0.160. The highest BCUT2D eigenvalue weighted by Crippen LogP contribution is 2.50. The van der Waals surface area contributed by atoms with Gasteiger partial charge in [-0.25, -0.2) is 14.6 Å². The van der Waals surface area contributed by atoms with E-state index in [1.807, 2.05) is 48.1 Å². The number of carboxylic acid groups (broad SMARTS) is 1. The summed E-state index contributed by atoms with van der Waals surface area (Å²) in [5.74, 6) is -0.409. The second-order valence-electron chi connectivity index (χ2n) is 7.89. The summed E-state index contributed by atoms with van der Waals surface area (Å²) >= 11 is 3.40. The van der Waals surface area contributed by atoms with Gasteiger partial charge in [0.05, 0.1) is 0 Å². The van der Waals surface area contributed by atoms with Gasteiger partial charge in [0, 0.05) is 31.7 Å². The second kappa shape index (κ2) is 8.39. The van der Waals surface area contributed by atoms with Crippen LogP contribution in [0.2, 0.25) is 0 Å². The number of ether oxygens (including phenoxy) is 2. The average Bonchev–Trinajstić information content (AvgIpc) is 3.27. The molecule has 9 heteroatoms. The summed E-state index contributed by atoms with van der Waals surface area (Å²) in [5.41, 5.74) is 0.0782. The van der Waals surface area contributed by atoms with Gasteiger partial charge in [0.25, 0.3) is 0 Å². The fourth-order valence-corrected chi connectivity index (χ4v) is 5.18. The first-order chi connectivity index (χ1) is 14.4. The van der Waals surface area contributed by atoms with Gasteiger partial charge in [-0.1, -0.05) is 30.3 Å². The summed E-state index contributed by atoms with van der Waals surface area (Å²) in [4.78, 5) is 30.4. The maximum atomic E-state index is 12.8. The number of imidazole rings is 1. The van der Waals surface area contributed by atoms with Gasteiger partial charge in [0.2, 0.25) is 0 Å². The molecule has 2 aromatic rings. The Labute approximate surface area is 182 Å². The number of nitrogens with zero attached hydrogens (tertiary/aromatic N) is 3. The van der Waals surface area contributed by atoms with Crippen molar-refractivity contribution in [3.63, 3.8) is 0 Å². The molecule has 0 radical (unpaired) electrons. The Morgan fingerprint density at radius 3 is 2.77 bits per heavy atom. The minimum atomic E-state index is -1.03. The first-order valence-corrected chi connectivity index (χ1v) is 10.7. The number of aromatic nitrogens is 2. The van der Waals surface area contributed by atoms with E-state index in [9.17, 15) is 14.7 Å². The molecule has 0 spiro atoms. The highest BCUT2D eigenvalue weighted by molar-refractivity contribution is 9.10. The van der Waals surface area contributed by atoms with Crippen molar-refractivity contribution in [2.75, 3.05) is 13.2 Å². The number of carbonyl (C=O) groups excluding carboxylic acids is 1. The number of rotatable bonds is 6. The normalized spacial score (nSPS) is 25.3. The molecule has 2 aliphatic rings. The van der Waals surface area contributed by atoms with Gasteiger partial charge in [-0.2, -0.15) is 0 Å². The van der Waals surface area contributed by atoms with Crippen LogP contribution in [0.15, 0.2) is 41.1 Å². The smallest absolute Gasteiger partial charge is 0.410 e. The van der Waals surface area contributed by atoms with Gasteiger partial charge in [0.1, 0.15) is 29.2 Å². The van der Waals surface area contributed by atoms with Crippen LogP contribution in [0.3, 0.4) is 0 Å². The molecule has 2 bridgehead atoms. The molecule has 1 amide bonds. The highest BCUT2D eigenvalue weighted by Gasteiger charge is 2.55. The van der Waals surface area contributed by atoms with Crippen LogP contribution in [-0.4, -0.2) is 50.8 Å². The summed E-state index contributed by atoms with van der Waals surface area (Å²) in [6, 6.07) is 9.62. The Balaban J connectivity index is 1.53. The number of carboxylic acids is 1. The predicted molar refractivity (Wildman–Crippen MR) is 111 cm³/mol. The number of likely N-dealkylation sites (tertiary alicyclic amines) is 1. The van der Waals surface area contributed by atoms with Crippen LogP contribution in [0.5, 0.6) is 0 Å². The number of aryl methyl sites for hydroxylation is 1. The third-order valence-electron chi connectivity index (χ3n) is 6.04. The monoisotopic (exact) mass is 477 g/mol. The molecule has 1 saturated carbocycles. The number of hydrogen-bond acceptors (Lipinski definition) is 5. The van der Waals surface area contributed by atoms with E-state index in [-0.39, 0.29) is 24.7 Å². The lowest BCUT2D eigenvalue weighted by atomic mass is 9.75. The fraction of sp³-hybridized carbons (Fsp3) is 0.476. The van der Waals surface area contributed by atoms with Gasteiger partial charge < -0.3 is 24.0 Å². The molecule has 1 aromatic heterocycles. The molecule has 2 heterocycles. The van der Waals surface area contributed by atoms with E-state index < -0.39 is 18.2 Å². The number of carbonyl (C=O) groups is 2. The van der Waals surface area contributed by atoms with Crippen molar-refractivity contribution in [2.45, 2.75) is 37.5 Å². The third kappa shape index (κ3) is 3.96. The lowest BCUT2D eigenvalue weighted by Crippen LogP contribution is -2.44. The molecule has 1 saturated heterocycles. The number of fused-ring (bicyclic) bond motifs is 2. The Kier molecular flexibility index (Phi) is 5.84. The number of halogens is 1. The summed E-state index contributed by atoms with van der Waals surface area (Å²) in [6.45, 7) is 0.257. The van der Waals surface area contributed by atoms with Crippen molar-refractivity contribution in [1.29, 1.82) is 0 Å². The van der Waals surface area contributed by atoms with Crippen LogP contribution < -0.4 is 0 Å². The second-order valence-corrected chi connectivity index (χ2v) is 8.70. The third-order valence-corrected chi connectivity index (χ3v) is 6.42. The Morgan fingerprint density at radius 1 is 1.33 bits per heavy atom. The minimum absolute atomic E-state index is 0.0588. The zero-order chi connectivity index (χ0) is 21.3. The van der Waals surface area contributed by atoms with Crippen LogP contribution in [0.4, 0.5) is 4.79 Å². The van der Waals surface area contributed by atoms with E-state index in [2.05, 4.69) is 20.9 Å². The molecular formula is C21H24BrN3O5. The molecule has 3 unspecified atom stereocenters. The van der Waals surface area contributed by atoms with E-state index in [0.717, 1.165) is 12.0 Å². The summed E-state index contributed by atoms with van der Waals surface area (Å²) in [6.07, 6.45) is 3.50. The SMILES string of the molecule is Cn1cc(Br)nc1C1(OCC(=O)O)CCC2CC1CN2C(=O)OCc1ccccc1. The number of hydrogen-bond donors (Lipinski definition) is 1. The number of aliphatic carboxylic acids is 1. The molecular weight excluding hydrogens is 454 g/mol. The molecule has 2 fully saturated rings. The van der Waals surface area contributed by atoms with Crippen LogP contribution >= 0.6 is 15.9 Å². The number of benzene rings is 1. The highest BCUT2D eigenvalue weighted by atomic mass is 79.9. The molecule has 1 aliphatic heterocycles. The van der Waals surface area contributed by atoms with Gasteiger partial charge >= 0.3 is 12.1 Å². The van der Waals surface area contributed by atoms with E-state index in [0.29, 0.717) is 29.8 Å². The molecule has 1 N–H and O–H groups in total. The minimum Gasteiger partial charge on any atom is -0.480 e. The van der Waals surface area contributed by atoms with Gasteiger partial charge in [-0.15, -0.1) is 0 Å².